The second-order valence-corrected chi connectivity index (χ2v) is 7.93. The number of hydrogen-bond acceptors (Lipinski definition) is 3. The molecule has 1 aromatic carbocycles. The van der Waals surface area contributed by atoms with E-state index in [1.54, 1.807) is 0 Å². The first-order chi connectivity index (χ1) is 14.6. The van der Waals surface area contributed by atoms with Crippen LogP contribution in [-0.4, -0.2) is 55.6 Å². The van der Waals surface area contributed by atoms with E-state index in [1.165, 1.54) is 12.5 Å². The zero-order valence-electron chi connectivity index (χ0n) is 17.6. The van der Waals surface area contributed by atoms with Crippen molar-refractivity contribution in [3.8, 4) is 5.75 Å². The summed E-state index contributed by atoms with van der Waals surface area (Å²) in [5.74, 6) is -0.377. The van der Waals surface area contributed by atoms with Crippen LogP contribution in [0, 0.1) is 17.6 Å². The summed E-state index contributed by atoms with van der Waals surface area (Å²) in [6.07, 6.45) is 6.51. The fourth-order valence-corrected chi connectivity index (χ4v) is 4.09. The van der Waals surface area contributed by atoms with E-state index in [4.69, 9.17) is 4.74 Å². The highest BCUT2D eigenvalue weighted by Gasteiger charge is 2.31. The van der Waals surface area contributed by atoms with E-state index < -0.39 is 11.6 Å². The maximum Gasteiger partial charge on any atom is 0.225 e. The summed E-state index contributed by atoms with van der Waals surface area (Å²) in [6, 6.07) is 3.63. The quantitative estimate of drug-likeness (QED) is 0.403. The highest BCUT2D eigenvalue weighted by Crippen LogP contribution is 2.26. The van der Waals surface area contributed by atoms with Crippen molar-refractivity contribution in [2.75, 3.05) is 32.8 Å². The average molecular weight is 423 g/mol. The highest BCUT2D eigenvalue weighted by molar-refractivity contribution is 5.81. The number of ether oxygens (including phenoxy) is 1. The Bertz CT molecular complexity index is 738. The molecule has 1 saturated carbocycles. The molecule has 1 aliphatic carbocycles. The molecule has 30 heavy (non-hydrogen) atoms. The Labute approximate surface area is 177 Å². The SMILES string of the molecule is CCNC(=NCCOc1ccc(F)c(F)c1)NC1CCN(C(=O)C2CCCCC2)C1. The number of aliphatic imine (C=N–C) groups is 1. The fraction of sp³-hybridized carbons (Fsp3) is 0.636. The first-order valence-electron chi connectivity index (χ1n) is 11.0. The van der Waals surface area contributed by atoms with E-state index in [-0.39, 0.29) is 24.3 Å². The molecule has 0 bridgehead atoms. The topological polar surface area (TPSA) is 66.0 Å². The largest absolute Gasteiger partial charge is 0.492 e. The molecule has 1 saturated heterocycles. The van der Waals surface area contributed by atoms with Crippen LogP contribution in [0.25, 0.3) is 0 Å². The molecule has 3 rings (SSSR count). The predicted octanol–water partition coefficient (Wildman–Crippen LogP) is 3.08. The van der Waals surface area contributed by atoms with Crippen LogP contribution in [0.4, 0.5) is 8.78 Å². The first kappa shape index (κ1) is 22.3. The van der Waals surface area contributed by atoms with Gasteiger partial charge >= 0.3 is 0 Å². The number of nitrogens with one attached hydrogen (secondary N) is 2. The van der Waals surface area contributed by atoms with Gasteiger partial charge in [-0.2, -0.15) is 0 Å². The Morgan fingerprint density at radius 2 is 2.00 bits per heavy atom. The molecule has 1 aliphatic heterocycles. The van der Waals surface area contributed by atoms with Crippen molar-refractivity contribution >= 4 is 11.9 Å². The van der Waals surface area contributed by atoms with E-state index in [9.17, 15) is 13.6 Å². The smallest absolute Gasteiger partial charge is 0.225 e. The number of carbonyl (C=O) groups is 1. The summed E-state index contributed by atoms with van der Waals surface area (Å²) in [5, 5.41) is 6.60. The van der Waals surface area contributed by atoms with Crippen LogP contribution in [0.15, 0.2) is 23.2 Å². The predicted molar refractivity (Wildman–Crippen MR) is 113 cm³/mol. The molecular formula is C22H32F2N4O2. The van der Waals surface area contributed by atoms with Crippen molar-refractivity contribution in [2.24, 2.45) is 10.9 Å². The van der Waals surface area contributed by atoms with Crippen molar-refractivity contribution in [3.63, 3.8) is 0 Å². The van der Waals surface area contributed by atoms with Crippen LogP contribution >= 0.6 is 0 Å². The summed E-state index contributed by atoms with van der Waals surface area (Å²) in [6.45, 7) is 4.80. The zero-order valence-corrected chi connectivity index (χ0v) is 17.6. The van der Waals surface area contributed by atoms with Crippen LogP contribution in [0.5, 0.6) is 5.75 Å². The number of hydrogen-bond donors (Lipinski definition) is 2. The molecule has 0 radical (unpaired) electrons. The van der Waals surface area contributed by atoms with Gasteiger partial charge in [-0.3, -0.25) is 4.79 Å². The Morgan fingerprint density at radius 3 is 2.73 bits per heavy atom. The molecule has 1 amide bonds. The van der Waals surface area contributed by atoms with Gasteiger partial charge in [0.1, 0.15) is 12.4 Å². The lowest BCUT2D eigenvalue weighted by Gasteiger charge is -2.26. The summed E-state index contributed by atoms with van der Waals surface area (Å²) < 4.78 is 31.6. The number of rotatable bonds is 7. The first-order valence-corrected chi connectivity index (χ1v) is 11.0. The molecule has 1 aromatic rings. The molecule has 2 fully saturated rings. The molecule has 166 valence electrons. The van der Waals surface area contributed by atoms with Crippen LogP contribution in [-0.2, 0) is 4.79 Å². The third kappa shape index (κ3) is 6.31. The summed E-state index contributed by atoms with van der Waals surface area (Å²) in [4.78, 5) is 19.2. The molecule has 1 unspecified atom stereocenters. The van der Waals surface area contributed by atoms with Gasteiger partial charge in [0.15, 0.2) is 17.6 Å². The van der Waals surface area contributed by atoms with Crippen molar-refractivity contribution in [2.45, 2.75) is 51.5 Å². The lowest BCUT2D eigenvalue weighted by atomic mass is 9.88. The second kappa shape index (κ2) is 11.1. The normalized spacial score (nSPS) is 20.3. The maximum atomic E-state index is 13.2. The van der Waals surface area contributed by atoms with Gasteiger partial charge < -0.3 is 20.3 Å². The maximum absolute atomic E-state index is 13.2. The molecule has 0 aromatic heterocycles. The standard InChI is InChI=1S/C22H32F2N4O2/c1-2-25-22(26-11-13-30-18-8-9-19(23)20(24)14-18)27-17-10-12-28(15-17)21(29)16-6-4-3-5-7-16/h8-9,14,16-17H,2-7,10-13,15H2,1H3,(H2,25,26,27). The van der Waals surface area contributed by atoms with E-state index in [0.29, 0.717) is 31.5 Å². The van der Waals surface area contributed by atoms with E-state index >= 15 is 0 Å². The Hall–Kier alpha value is -2.38. The molecule has 1 heterocycles. The summed E-state index contributed by atoms with van der Waals surface area (Å²) in [7, 11) is 0. The molecule has 0 spiro atoms. The third-order valence-corrected chi connectivity index (χ3v) is 5.66. The minimum absolute atomic E-state index is 0.169. The number of carbonyl (C=O) groups excluding carboxylic acids is 1. The van der Waals surface area contributed by atoms with Gasteiger partial charge in [0.25, 0.3) is 0 Å². The van der Waals surface area contributed by atoms with Gasteiger partial charge in [-0.05, 0) is 38.3 Å². The Morgan fingerprint density at radius 1 is 1.20 bits per heavy atom. The molecular weight excluding hydrogens is 390 g/mol. The Kier molecular flexibility index (Phi) is 8.28. The lowest BCUT2D eigenvalue weighted by molar-refractivity contribution is -0.135. The number of guanidine groups is 1. The van der Waals surface area contributed by atoms with Gasteiger partial charge in [-0.1, -0.05) is 19.3 Å². The fourth-order valence-electron chi connectivity index (χ4n) is 4.09. The molecule has 2 N–H and O–H groups in total. The Balaban J connectivity index is 1.45. The van der Waals surface area contributed by atoms with Crippen LogP contribution < -0.4 is 15.4 Å². The van der Waals surface area contributed by atoms with Gasteiger partial charge in [-0.15, -0.1) is 0 Å². The lowest BCUT2D eigenvalue weighted by Crippen LogP contribution is -2.45. The highest BCUT2D eigenvalue weighted by atomic mass is 19.2. The van der Waals surface area contributed by atoms with Gasteiger partial charge in [0.05, 0.1) is 6.54 Å². The van der Waals surface area contributed by atoms with Crippen molar-refractivity contribution in [1.82, 2.24) is 15.5 Å². The number of amides is 1. The van der Waals surface area contributed by atoms with Crippen LogP contribution in [0.2, 0.25) is 0 Å². The van der Waals surface area contributed by atoms with Crippen LogP contribution in [0.3, 0.4) is 0 Å². The average Bonchev–Trinajstić information content (AvgIpc) is 3.22. The van der Waals surface area contributed by atoms with Crippen molar-refractivity contribution in [1.29, 1.82) is 0 Å². The van der Waals surface area contributed by atoms with E-state index in [2.05, 4.69) is 15.6 Å². The number of halogens is 2. The molecule has 8 heteroatoms. The monoisotopic (exact) mass is 422 g/mol. The van der Waals surface area contributed by atoms with Crippen LogP contribution in [0.1, 0.15) is 45.4 Å². The summed E-state index contributed by atoms with van der Waals surface area (Å²) in [5.41, 5.74) is 0. The van der Waals surface area contributed by atoms with E-state index in [0.717, 1.165) is 50.8 Å². The van der Waals surface area contributed by atoms with Gasteiger partial charge in [0.2, 0.25) is 5.91 Å². The van der Waals surface area contributed by atoms with Crippen molar-refractivity contribution in [3.05, 3.63) is 29.8 Å². The second-order valence-electron chi connectivity index (χ2n) is 7.93. The van der Waals surface area contributed by atoms with Crippen molar-refractivity contribution < 1.29 is 18.3 Å². The number of likely N-dealkylation sites (tertiary alicyclic amines) is 1. The molecule has 6 nitrogen and oxygen atoms in total. The molecule has 1 atom stereocenters. The zero-order chi connectivity index (χ0) is 21.3. The number of benzene rings is 1. The van der Waals surface area contributed by atoms with Gasteiger partial charge in [0, 0.05) is 37.7 Å². The van der Waals surface area contributed by atoms with E-state index in [1.807, 2.05) is 11.8 Å². The minimum Gasteiger partial charge on any atom is -0.492 e. The molecule has 2 aliphatic rings. The number of nitrogens with zero attached hydrogens (tertiary/aromatic N) is 2. The summed E-state index contributed by atoms with van der Waals surface area (Å²) >= 11 is 0. The van der Waals surface area contributed by atoms with Gasteiger partial charge in [-0.25, -0.2) is 13.8 Å². The third-order valence-electron chi connectivity index (χ3n) is 5.66. The minimum atomic E-state index is -0.931.